The third-order valence-corrected chi connectivity index (χ3v) is 6.36. The van der Waals surface area contributed by atoms with E-state index in [1.165, 1.54) is 13.3 Å². The van der Waals surface area contributed by atoms with Gasteiger partial charge in [0.05, 0.1) is 13.3 Å². The maximum absolute atomic E-state index is 11.8. The number of aromatic nitrogens is 2. The van der Waals surface area contributed by atoms with Crippen molar-refractivity contribution in [2.24, 2.45) is 0 Å². The van der Waals surface area contributed by atoms with Crippen molar-refractivity contribution in [3.8, 4) is 0 Å². The summed E-state index contributed by atoms with van der Waals surface area (Å²) in [6, 6.07) is 6.05. The SMILES string of the molecule is COC(=O)c1cnc2c(CNC(C)c3cc(Br)c(Cl)s3)cccn12. The van der Waals surface area contributed by atoms with Crippen LogP contribution >= 0.6 is 38.9 Å². The molecule has 0 amide bonds. The Morgan fingerprint density at radius 2 is 2.38 bits per heavy atom. The van der Waals surface area contributed by atoms with Crippen LogP contribution in [0.4, 0.5) is 0 Å². The van der Waals surface area contributed by atoms with Gasteiger partial charge in [0, 0.05) is 33.7 Å². The second kappa shape index (κ2) is 7.23. The Labute approximate surface area is 156 Å². The molecule has 24 heavy (non-hydrogen) atoms. The van der Waals surface area contributed by atoms with E-state index in [9.17, 15) is 4.79 Å². The topological polar surface area (TPSA) is 55.6 Å². The number of rotatable bonds is 5. The van der Waals surface area contributed by atoms with Crippen molar-refractivity contribution in [1.29, 1.82) is 0 Å². The number of esters is 1. The van der Waals surface area contributed by atoms with Gasteiger partial charge in [0.2, 0.25) is 0 Å². The van der Waals surface area contributed by atoms with Gasteiger partial charge in [-0.3, -0.25) is 4.40 Å². The lowest BCUT2D eigenvalue weighted by Crippen LogP contribution is -2.18. The summed E-state index contributed by atoms with van der Waals surface area (Å²) in [6.45, 7) is 2.70. The molecule has 0 saturated carbocycles. The molecular weight excluding hydrogens is 414 g/mol. The molecule has 3 rings (SSSR count). The van der Waals surface area contributed by atoms with Gasteiger partial charge in [0.25, 0.3) is 0 Å². The second-order valence-corrected chi connectivity index (χ2v) is 7.78. The summed E-state index contributed by atoms with van der Waals surface area (Å²) >= 11 is 11.1. The van der Waals surface area contributed by atoms with E-state index in [-0.39, 0.29) is 6.04 Å². The van der Waals surface area contributed by atoms with Gasteiger partial charge in [-0.15, -0.1) is 11.3 Å². The van der Waals surface area contributed by atoms with Crippen LogP contribution in [0.1, 0.15) is 33.9 Å². The molecule has 0 saturated heterocycles. The van der Waals surface area contributed by atoms with Crippen LogP contribution < -0.4 is 5.32 Å². The summed E-state index contributed by atoms with van der Waals surface area (Å²) in [6.07, 6.45) is 3.34. The van der Waals surface area contributed by atoms with Gasteiger partial charge >= 0.3 is 5.97 Å². The normalized spacial score (nSPS) is 12.5. The van der Waals surface area contributed by atoms with Crippen LogP contribution in [0, 0.1) is 0 Å². The zero-order chi connectivity index (χ0) is 17.3. The first-order chi connectivity index (χ1) is 11.5. The molecule has 3 aromatic rings. The Bertz CT molecular complexity index is 873. The van der Waals surface area contributed by atoms with Crippen molar-refractivity contribution in [2.75, 3.05) is 7.11 Å². The van der Waals surface area contributed by atoms with E-state index < -0.39 is 5.97 Å². The van der Waals surface area contributed by atoms with Crippen molar-refractivity contribution in [3.63, 3.8) is 0 Å². The molecule has 0 fully saturated rings. The van der Waals surface area contributed by atoms with Gasteiger partial charge in [-0.05, 0) is 35.0 Å². The highest BCUT2D eigenvalue weighted by Crippen LogP contribution is 2.35. The fourth-order valence-electron chi connectivity index (χ4n) is 2.40. The molecular formula is C16H15BrClN3O2S. The molecule has 0 aromatic carbocycles. The van der Waals surface area contributed by atoms with Crippen LogP contribution in [0.25, 0.3) is 5.65 Å². The molecule has 3 heterocycles. The highest BCUT2D eigenvalue weighted by atomic mass is 79.9. The Morgan fingerprint density at radius 3 is 3.04 bits per heavy atom. The molecule has 0 aliphatic carbocycles. The lowest BCUT2D eigenvalue weighted by atomic mass is 10.2. The summed E-state index contributed by atoms with van der Waals surface area (Å²) in [4.78, 5) is 17.3. The number of halogens is 2. The second-order valence-electron chi connectivity index (χ2n) is 5.24. The van der Waals surface area contributed by atoms with E-state index in [0.29, 0.717) is 12.2 Å². The molecule has 3 aromatic heterocycles. The number of carbonyl (C=O) groups is 1. The minimum absolute atomic E-state index is 0.147. The van der Waals surface area contributed by atoms with E-state index in [4.69, 9.17) is 16.3 Å². The summed E-state index contributed by atoms with van der Waals surface area (Å²) in [5.74, 6) is -0.404. The monoisotopic (exact) mass is 427 g/mol. The number of ether oxygens (including phenoxy) is 1. The smallest absolute Gasteiger partial charge is 0.356 e. The fraction of sp³-hybridized carbons (Fsp3) is 0.250. The number of nitrogens with one attached hydrogen (secondary N) is 1. The predicted octanol–water partition coefficient (Wildman–Crippen LogP) is 4.45. The number of carbonyl (C=O) groups excluding carboxylic acids is 1. The lowest BCUT2D eigenvalue weighted by molar-refractivity contribution is 0.0593. The van der Waals surface area contributed by atoms with Gasteiger partial charge in [0.15, 0.2) is 5.69 Å². The van der Waals surface area contributed by atoms with Gasteiger partial charge in [-0.2, -0.15) is 0 Å². The maximum atomic E-state index is 11.8. The Balaban J connectivity index is 1.80. The van der Waals surface area contributed by atoms with E-state index in [1.54, 1.807) is 21.9 Å². The first kappa shape index (κ1) is 17.4. The van der Waals surface area contributed by atoms with Crippen LogP contribution in [-0.4, -0.2) is 22.5 Å². The third kappa shape index (κ3) is 3.35. The highest BCUT2D eigenvalue weighted by molar-refractivity contribution is 9.10. The molecule has 1 N–H and O–H groups in total. The summed E-state index contributed by atoms with van der Waals surface area (Å²) in [5, 5.41) is 3.46. The van der Waals surface area contributed by atoms with Crippen molar-refractivity contribution >= 4 is 50.5 Å². The number of thiophene rings is 1. The number of hydrogen-bond acceptors (Lipinski definition) is 5. The number of imidazole rings is 1. The largest absolute Gasteiger partial charge is 0.464 e. The summed E-state index contributed by atoms with van der Waals surface area (Å²) in [7, 11) is 1.36. The average molecular weight is 429 g/mol. The summed E-state index contributed by atoms with van der Waals surface area (Å²) in [5.41, 5.74) is 2.15. The molecule has 0 bridgehead atoms. The van der Waals surface area contributed by atoms with Crippen LogP contribution in [0.3, 0.4) is 0 Å². The highest BCUT2D eigenvalue weighted by Gasteiger charge is 2.15. The average Bonchev–Trinajstić information content (AvgIpc) is 3.16. The van der Waals surface area contributed by atoms with Gasteiger partial charge in [0.1, 0.15) is 9.98 Å². The van der Waals surface area contributed by atoms with E-state index in [0.717, 1.165) is 24.9 Å². The predicted molar refractivity (Wildman–Crippen MR) is 98.8 cm³/mol. The number of methoxy groups -OCH3 is 1. The first-order valence-electron chi connectivity index (χ1n) is 7.22. The maximum Gasteiger partial charge on any atom is 0.356 e. The lowest BCUT2D eigenvalue weighted by Gasteiger charge is -2.12. The van der Waals surface area contributed by atoms with Gasteiger partial charge in [-0.25, -0.2) is 9.78 Å². The molecule has 1 atom stereocenters. The molecule has 8 heteroatoms. The van der Waals surface area contributed by atoms with Crippen molar-refractivity contribution in [2.45, 2.75) is 19.5 Å². The van der Waals surface area contributed by atoms with Crippen LogP contribution in [0.2, 0.25) is 4.34 Å². The van der Waals surface area contributed by atoms with Crippen molar-refractivity contribution in [3.05, 3.63) is 55.5 Å². The molecule has 5 nitrogen and oxygen atoms in total. The quantitative estimate of drug-likeness (QED) is 0.610. The van der Waals surface area contributed by atoms with Crippen molar-refractivity contribution in [1.82, 2.24) is 14.7 Å². The molecule has 0 radical (unpaired) electrons. The Hall–Kier alpha value is -1.41. The number of fused-ring (bicyclic) bond motifs is 1. The van der Waals surface area contributed by atoms with Crippen molar-refractivity contribution < 1.29 is 9.53 Å². The molecule has 0 aliphatic rings. The molecule has 126 valence electrons. The molecule has 0 spiro atoms. The molecule has 0 aliphatic heterocycles. The van der Waals surface area contributed by atoms with E-state index in [2.05, 4.69) is 33.2 Å². The minimum atomic E-state index is -0.404. The Morgan fingerprint density at radius 1 is 1.58 bits per heavy atom. The zero-order valence-electron chi connectivity index (χ0n) is 13.0. The molecule has 1 unspecified atom stereocenters. The van der Waals surface area contributed by atoms with Gasteiger partial charge < -0.3 is 10.1 Å². The fourth-order valence-corrected chi connectivity index (χ4v) is 4.17. The van der Waals surface area contributed by atoms with Crippen LogP contribution in [0.5, 0.6) is 0 Å². The van der Waals surface area contributed by atoms with Crippen LogP contribution in [-0.2, 0) is 11.3 Å². The first-order valence-corrected chi connectivity index (χ1v) is 9.21. The third-order valence-electron chi connectivity index (χ3n) is 3.70. The number of pyridine rings is 1. The minimum Gasteiger partial charge on any atom is -0.464 e. The summed E-state index contributed by atoms with van der Waals surface area (Å²) < 4.78 is 8.18. The van der Waals surface area contributed by atoms with Crippen LogP contribution in [0.15, 0.2) is 35.1 Å². The number of hydrogen-bond donors (Lipinski definition) is 1. The number of nitrogens with zero attached hydrogens (tertiary/aromatic N) is 2. The Kier molecular flexibility index (Phi) is 5.24. The van der Waals surface area contributed by atoms with E-state index in [1.807, 2.05) is 18.2 Å². The standard InChI is InChI=1S/C16H15BrClN3O2S/c1-9(13-6-11(17)14(18)24-13)19-7-10-4-3-5-21-12(16(22)23-2)8-20-15(10)21/h3-6,8-9,19H,7H2,1-2H3. The van der Waals surface area contributed by atoms with Gasteiger partial charge in [-0.1, -0.05) is 17.7 Å². The van der Waals surface area contributed by atoms with E-state index >= 15 is 0 Å². The zero-order valence-corrected chi connectivity index (χ0v) is 16.2.